The number of halogens is 2. The first kappa shape index (κ1) is 30.3. The number of carbonyl (C=O) groups excluding carboxylic acids is 1. The standard InChI is InChI=1S/C24H32F2N6O6S/c1-3-4-10-39(37,38)31-18(23(35)36)12-30-22(34)16-13-32(2)20-15(21(16)33)11-17(25)14(19(20)26)6-9-29-24-27-7-5-8-28-24/h7,11,13,18,24,28-29,31H,3-6,8-10,12H2,1-2H3,(H,30,34)(H,35,36). The first-order valence-electron chi connectivity index (χ1n) is 12.4. The first-order valence-corrected chi connectivity index (χ1v) is 14.1. The van der Waals surface area contributed by atoms with Crippen LogP contribution in [0.3, 0.4) is 0 Å². The molecule has 3 rings (SSSR count). The van der Waals surface area contributed by atoms with Gasteiger partial charge in [-0.1, -0.05) is 13.3 Å². The smallest absolute Gasteiger partial charge is 0.323 e. The van der Waals surface area contributed by atoms with Crippen molar-refractivity contribution in [1.29, 1.82) is 0 Å². The first-order chi connectivity index (χ1) is 18.4. The number of rotatable bonds is 13. The predicted octanol–water partition coefficient (Wildman–Crippen LogP) is 0.199. The molecule has 1 amide bonds. The average molecular weight is 571 g/mol. The number of nitrogens with one attached hydrogen (secondary N) is 4. The van der Waals surface area contributed by atoms with Crippen LogP contribution < -0.4 is 26.1 Å². The van der Waals surface area contributed by atoms with E-state index in [2.05, 4.69) is 20.9 Å². The molecule has 5 N–H and O–H groups in total. The molecule has 2 aromatic rings. The minimum absolute atomic E-state index is 0.0253. The van der Waals surface area contributed by atoms with Crippen LogP contribution in [0.1, 0.15) is 42.1 Å². The van der Waals surface area contributed by atoms with Gasteiger partial charge in [0.05, 0.1) is 16.7 Å². The highest BCUT2D eigenvalue weighted by Crippen LogP contribution is 2.23. The zero-order chi connectivity index (χ0) is 28.7. The lowest BCUT2D eigenvalue weighted by molar-refractivity contribution is -0.138. The third kappa shape index (κ3) is 7.65. The number of aliphatic imine (C=N–C) groups is 1. The number of hydrogen-bond donors (Lipinski definition) is 5. The van der Waals surface area contributed by atoms with Gasteiger partial charge in [0, 0.05) is 44.7 Å². The second-order valence-corrected chi connectivity index (χ2v) is 11.0. The Bertz CT molecular complexity index is 1430. The number of pyridine rings is 1. The molecule has 1 aromatic heterocycles. The molecule has 1 aliphatic heterocycles. The summed E-state index contributed by atoms with van der Waals surface area (Å²) in [5.74, 6) is -4.73. The zero-order valence-corrected chi connectivity index (χ0v) is 22.4. The summed E-state index contributed by atoms with van der Waals surface area (Å²) >= 11 is 0. The van der Waals surface area contributed by atoms with Crippen LogP contribution in [0.2, 0.25) is 0 Å². The van der Waals surface area contributed by atoms with E-state index < -0.39 is 57.1 Å². The number of aliphatic carboxylic acids is 1. The maximum Gasteiger partial charge on any atom is 0.323 e. The normalized spacial score (nSPS) is 16.4. The molecular weight excluding hydrogens is 538 g/mol. The number of sulfonamides is 1. The molecule has 0 saturated carbocycles. The van der Waals surface area contributed by atoms with E-state index in [1.807, 2.05) is 4.72 Å². The molecule has 0 fully saturated rings. The van der Waals surface area contributed by atoms with Crippen molar-refractivity contribution in [3.8, 4) is 0 Å². The summed E-state index contributed by atoms with van der Waals surface area (Å²) in [6, 6.07) is -0.813. The molecule has 12 nitrogen and oxygen atoms in total. The minimum atomic E-state index is -3.92. The summed E-state index contributed by atoms with van der Waals surface area (Å²) in [7, 11) is -2.54. The summed E-state index contributed by atoms with van der Waals surface area (Å²) in [6.45, 7) is 2.05. The molecule has 0 radical (unpaired) electrons. The Balaban J connectivity index is 1.79. The number of carboxylic acid groups (broad SMARTS) is 1. The molecule has 2 atom stereocenters. The molecule has 0 saturated heterocycles. The zero-order valence-electron chi connectivity index (χ0n) is 21.6. The summed E-state index contributed by atoms with van der Waals surface area (Å²) in [6.07, 6.45) is 4.11. The van der Waals surface area contributed by atoms with Crippen molar-refractivity contribution in [1.82, 2.24) is 25.2 Å². The van der Waals surface area contributed by atoms with Gasteiger partial charge in [0.1, 0.15) is 17.4 Å². The maximum atomic E-state index is 15.4. The van der Waals surface area contributed by atoms with E-state index in [-0.39, 0.29) is 41.5 Å². The van der Waals surface area contributed by atoms with Crippen molar-refractivity contribution in [3.05, 3.63) is 45.2 Å². The highest BCUT2D eigenvalue weighted by atomic mass is 32.2. The number of carbonyl (C=O) groups is 2. The molecule has 1 aliphatic rings. The lowest BCUT2D eigenvalue weighted by atomic mass is 10.0. The number of hydrogen-bond acceptors (Lipinski definition) is 8. The molecule has 214 valence electrons. The predicted molar refractivity (Wildman–Crippen MR) is 141 cm³/mol. The van der Waals surface area contributed by atoms with Crippen molar-refractivity contribution in [3.63, 3.8) is 0 Å². The molecule has 1 aromatic carbocycles. The summed E-state index contributed by atoms with van der Waals surface area (Å²) in [4.78, 5) is 41.5. The van der Waals surface area contributed by atoms with E-state index in [1.54, 1.807) is 13.1 Å². The van der Waals surface area contributed by atoms with Gasteiger partial charge in [0.25, 0.3) is 5.91 Å². The monoisotopic (exact) mass is 570 g/mol. The van der Waals surface area contributed by atoms with Gasteiger partial charge in [-0.05, 0) is 25.3 Å². The van der Waals surface area contributed by atoms with Crippen molar-refractivity contribution in [2.45, 2.75) is 44.9 Å². The van der Waals surface area contributed by atoms with Crippen molar-refractivity contribution >= 4 is 39.0 Å². The number of amides is 1. The van der Waals surface area contributed by atoms with Crippen molar-refractivity contribution in [2.75, 3.05) is 25.4 Å². The number of fused-ring (bicyclic) bond motifs is 1. The number of nitrogens with zero attached hydrogens (tertiary/aromatic N) is 2. The van der Waals surface area contributed by atoms with Gasteiger partial charge in [0.2, 0.25) is 15.5 Å². The fourth-order valence-electron chi connectivity index (χ4n) is 4.07. The molecule has 2 heterocycles. The molecule has 0 aliphatic carbocycles. The summed E-state index contributed by atoms with van der Waals surface area (Å²) in [5.41, 5.74) is -1.88. The Kier molecular flexibility index (Phi) is 10.2. The van der Waals surface area contributed by atoms with E-state index in [0.29, 0.717) is 12.8 Å². The van der Waals surface area contributed by atoms with Gasteiger partial charge in [0.15, 0.2) is 12.1 Å². The number of benzene rings is 1. The second-order valence-electron chi connectivity index (χ2n) is 9.10. The third-order valence-corrected chi connectivity index (χ3v) is 7.60. The van der Waals surface area contributed by atoms with E-state index in [1.165, 1.54) is 11.6 Å². The van der Waals surface area contributed by atoms with Crippen LogP contribution >= 0.6 is 0 Å². The molecular formula is C24H32F2N6O6S. The Labute approximate surface area is 223 Å². The van der Waals surface area contributed by atoms with Crippen LogP contribution in [0.4, 0.5) is 8.78 Å². The van der Waals surface area contributed by atoms with Crippen LogP contribution in [0.25, 0.3) is 10.9 Å². The quantitative estimate of drug-likeness (QED) is 0.227. The van der Waals surface area contributed by atoms with Crippen LogP contribution in [-0.4, -0.2) is 73.9 Å². The van der Waals surface area contributed by atoms with Crippen LogP contribution in [0, 0.1) is 11.6 Å². The number of aryl methyl sites for hydroxylation is 1. The van der Waals surface area contributed by atoms with Gasteiger partial charge in [-0.15, -0.1) is 0 Å². The van der Waals surface area contributed by atoms with Crippen molar-refractivity contribution < 1.29 is 31.9 Å². The Morgan fingerprint density at radius 3 is 2.72 bits per heavy atom. The van der Waals surface area contributed by atoms with Crippen LogP contribution in [0.5, 0.6) is 0 Å². The van der Waals surface area contributed by atoms with Gasteiger partial charge in [-0.3, -0.25) is 30.0 Å². The SMILES string of the molecule is CCCCS(=O)(=O)NC(CNC(=O)c1cn(C)c2c(F)c(CCNC3N=CCCN3)c(F)cc2c1=O)C(=O)O. The fraction of sp³-hybridized carbons (Fsp3) is 0.500. The lowest BCUT2D eigenvalue weighted by Gasteiger charge is -2.19. The molecule has 0 bridgehead atoms. The minimum Gasteiger partial charge on any atom is -0.480 e. The van der Waals surface area contributed by atoms with Crippen LogP contribution in [0.15, 0.2) is 22.1 Å². The Hall–Kier alpha value is -3.27. The van der Waals surface area contributed by atoms with E-state index >= 15 is 4.39 Å². The van der Waals surface area contributed by atoms with E-state index in [9.17, 15) is 32.3 Å². The average Bonchev–Trinajstić information content (AvgIpc) is 2.89. The number of unbranched alkanes of at least 4 members (excludes halogenated alkanes) is 1. The topological polar surface area (TPSA) is 171 Å². The molecule has 15 heteroatoms. The van der Waals surface area contributed by atoms with E-state index in [4.69, 9.17) is 0 Å². The number of aromatic nitrogens is 1. The van der Waals surface area contributed by atoms with Crippen LogP contribution in [-0.2, 0) is 28.3 Å². The molecule has 0 spiro atoms. The van der Waals surface area contributed by atoms with E-state index in [0.717, 1.165) is 25.2 Å². The lowest BCUT2D eigenvalue weighted by Crippen LogP contribution is -2.49. The second kappa shape index (κ2) is 13.2. The Morgan fingerprint density at radius 1 is 1.33 bits per heavy atom. The fourth-order valence-corrected chi connectivity index (χ4v) is 5.48. The largest absolute Gasteiger partial charge is 0.480 e. The highest BCUT2D eigenvalue weighted by molar-refractivity contribution is 7.89. The van der Waals surface area contributed by atoms with Crippen molar-refractivity contribution in [2.24, 2.45) is 12.0 Å². The third-order valence-electron chi connectivity index (χ3n) is 6.13. The summed E-state index contributed by atoms with van der Waals surface area (Å²) in [5, 5.41) is 17.3. The highest BCUT2D eigenvalue weighted by Gasteiger charge is 2.26. The van der Waals surface area contributed by atoms with Gasteiger partial charge in [-0.2, -0.15) is 4.72 Å². The van der Waals surface area contributed by atoms with Gasteiger partial charge < -0.3 is 15.0 Å². The molecule has 39 heavy (non-hydrogen) atoms. The van der Waals surface area contributed by atoms with Gasteiger partial charge >= 0.3 is 5.97 Å². The maximum absolute atomic E-state index is 15.4. The molecule has 2 unspecified atom stereocenters. The number of carboxylic acids is 1. The Morgan fingerprint density at radius 2 is 2.08 bits per heavy atom. The summed E-state index contributed by atoms with van der Waals surface area (Å²) < 4.78 is 57.6. The van der Waals surface area contributed by atoms with Gasteiger partial charge in [-0.25, -0.2) is 17.2 Å².